The summed E-state index contributed by atoms with van der Waals surface area (Å²) in [5, 5.41) is 10.0. The molecule has 0 bridgehead atoms. The maximum atomic E-state index is 10.0. The first-order valence-electron chi connectivity index (χ1n) is 4.62. The molecule has 4 heteroatoms. The third-order valence-corrected chi connectivity index (χ3v) is 1.81. The molecule has 0 aliphatic heterocycles. The van der Waals surface area contributed by atoms with Gasteiger partial charge in [0.25, 0.3) is 0 Å². The van der Waals surface area contributed by atoms with Gasteiger partial charge in [-0.2, -0.15) is 0 Å². The van der Waals surface area contributed by atoms with Crippen LogP contribution >= 0.6 is 0 Å². The quantitative estimate of drug-likeness (QED) is 0.581. The molecule has 0 amide bonds. The fraction of sp³-hybridized carbons (Fsp3) is 0.900. The second kappa shape index (κ2) is 10.6. The first-order valence-corrected chi connectivity index (χ1v) is 4.62. The van der Waals surface area contributed by atoms with Gasteiger partial charge in [-0.15, -0.1) is 0 Å². The van der Waals surface area contributed by atoms with Gasteiger partial charge in [-0.05, 0) is 24.7 Å². The average Bonchev–Trinajstić information content (AvgIpc) is 1.83. The van der Waals surface area contributed by atoms with Crippen molar-refractivity contribution in [1.82, 2.24) is 0 Å². The summed E-state index contributed by atoms with van der Waals surface area (Å²) < 4.78 is 0. The molecule has 84 valence electrons. The molecule has 0 saturated carbocycles. The van der Waals surface area contributed by atoms with Crippen LogP contribution in [0, 0.1) is 46.3 Å². The molecule has 0 N–H and O–H groups in total. The number of carboxylic acids is 1. The van der Waals surface area contributed by atoms with Crippen molar-refractivity contribution in [2.24, 2.45) is 5.41 Å². The summed E-state index contributed by atoms with van der Waals surface area (Å²) >= 11 is 0. The fourth-order valence-corrected chi connectivity index (χ4v) is 1.10. The zero-order valence-electron chi connectivity index (χ0n) is 9.23. The summed E-state index contributed by atoms with van der Waals surface area (Å²) in [6.07, 6.45) is 4.27. The third-order valence-electron chi connectivity index (χ3n) is 1.81. The zero-order chi connectivity index (χ0) is 9.61. The minimum absolute atomic E-state index is 0. The number of aliphatic carboxylic acids is 1. The summed E-state index contributed by atoms with van der Waals surface area (Å²) in [5.41, 5.74) is 0.376. The van der Waals surface area contributed by atoms with Gasteiger partial charge in [0.1, 0.15) is 0 Å². The van der Waals surface area contributed by atoms with Crippen molar-refractivity contribution < 1.29 is 63.1 Å². The van der Waals surface area contributed by atoms with E-state index in [1.807, 2.05) is 0 Å². The minimum Gasteiger partial charge on any atom is -1.00 e. The molecule has 0 aromatic heterocycles. The second-order valence-electron chi connectivity index (χ2n) is 4.49. The van der Waals surface area contributed by atoms with Crippen LogP contribution in [-0.4, -0.2) is 5.97 Å². The van der Waals surface area contributed by atoms with E-state index in [1.54, 1.807) is 0 Å². The smallest absolute Gasteiger partial charge is 0.0414 e. The SMILES string of the molecule is CC(C)(C)CCCCCC(=O)[O-].[Cl-].[Nd]. The summed E-state index contributed by atoms with van der Waals surface area (Å²) in [5.74, 6) is -0.925. The van der Waals surface area contributed by atoms with E-state index in [9.17, 15) is 9.90 Å². The number of hydrogen-bond acceptors (Lipinski definition) is 2. The minimum atomic E-state index is -0.925. The first-order chi connectivity index (χ1) is 5.42. The summed E-state index contributed by atoms with van der Waals surface area (Å²) in [6.45, 7) is 6.60. The molecule has 0 atom stereocenters. The summed E-state index contributed by atoms with van der Waals surface area (Å²) in [4.78, 5) is 10.0. The van der Waals surface area contributed by atoms with Crippen molar-refractivity contribution in [1.29, 1.82) is 0 Å². The standard InChI is InChI=1S/C10H20O2.ClH.Nd/c1-10(2,3)8-6-4-5-7-9(11)12;;/h4-8H2,1-3H3,(H,11,12);1H;/p-2. The Morgan fingerprint density at radius 3 is 2.00 bits per heavy atom. The molecule has 0 radical (unpaired) electrons. The Labute approximate surface area is 126 Å². The van der Waals surface area contributed by atoms with Crippen molar-refractivity contribution >= 4 is 5.97 Å². The van der Waals surface area contributed by atoms with Gasteiger partial charge in [-0.1, -0.05) is 33.6 Å². The summed E-state index contributed by atoms with van der Waals surface area (Å²) in [6, 6.07) is 0. The Morgan fingerprint density at radius 1 is 1.14 bits per heavy atom. The van der Waals surface area contributed by atoms with Crippen molar-refractivity contribution in [3.8, 4) is 0 Å². The largest absolute Gasteiger partial charge is 1.00 e. The van der Waals surface area contributed by atoms with Crippen LogP contribution in [0.3, 0.4) is 0 Å². The van der Waals surface area contributed by atoms with Crippen molar-refractivity contribution in [2.45, 2.75) is 52.9 Å². The molecule has 2 nitrogen and oxygen atoms in total. The maximum absolute atomic E-state index is 10.0. The zero-order valence-corrected chi connectivity index (χ0v) is 13.2. The number of rotatable bonds is 5. The van der Waals surface area contributed by atoms with E-state index in [4.69, 9.17) is 0 Å². The number of carbonyl (C=O) groups is 1. The van der Waals surface area contributed by atoms with Crippen molar-refractivity contribution in [3.05, 3.63) is 0 Å². The second-order valence-corrected chi connectivity index (χ2v) is 4.49. The van der Waals surface area contributed by atoms with Gasteiger partial charge in [-0.25, -0.2) is 0 Å². The molecule has 14 heavy (non-hydrogen) atoms. The van der Waals surface area contributed by atoms with E-state index in [1.165, 1.54) is 6.42 Å². The topological polar surface area (TPSA) is 40.1 Å². The Balaban J connectivity index is -0.000000605. The number of halogens is 1. The van der Waals surface area contributed by atoms with E-state index in [0.717, 1.165) is 19.3 Å². The molecular weight excluding hydrogens is 332 g/mol. The van der Waals surface area contributed by atoms with Gasteiger partial charge in [0.2, 0.25) is 0 Å². The van der Waals surface area contributed by atoms with Gasteiger partial charge in [0.05, 0.1) is 0 Å². The van der Waals surface area contributed by atoms with Gasteiger partial charge < -0.3 is 22.3 Å². The predicted octanol–water partition coefficient (Wildman–Crippen LogP) is -1.26. The number of carbonyl (C=O) groups excluding carboxylic acids is 1. The Kier molecular flexibility index (Phi) is 15.6. The average molecular weight is 351 g/mol. The van der Waals surface area contributed by atoms with Crippen LogP contribution in [0.5, 0.6) is 0 Å². The maximum Gasteiger partial charge on any atom is 0.0414 e. The molecule has 0 aliphatic rings. The van der Waals surface area contributed by atoms with Crippen LogP contribution in [0.1, 0.15) is 52.9 Å². The molecule has 0 spiro atoms. The molecular formula is C10H19ClNdO2-2. The predicted molar refractivity (Wildman–Crippen MR) is 47.5 cm³/mol. The van der Waals surface area contributed by atoms with Crippen LogP contribution in [0.2, 0.25) is 0 Å². The van der Waals surface area contributed by atoms with Gasteiger partial charge in [0, 0.05) is 46.8 Å². The van der Waals surface area contributed by atoms with E-state index >= 15 is 0 Å². The normalized spacial score (nSPS) is 9.93. The van der Waals surface area contributed by atoms with Crippen LogP contribution in [0.25, 0.3) is 0 Å². The van der Waals surface area contributed by atoms with Gasteiger partial charge >= 0.3 is 0 Å². The molecule has 0 heterocycles. The number of unbranched alkanes of at least 4 members (excludes halogenated alkanes) is 2. The monoisotopic (exact) mass is 348 g/mol. The van der Waals surface area contributed by atoms with Crippen molar-refractivity contribution in [2.75, 3.05) is 0 Å². The first kappa shape index (κ1) is 20.5. The van der Waals surface area contributed by atoms with Gasteiger partial charge in [-0.3, -0.25) is 0 Å². The molecule has 0 aromatic carbocycles. The van der Waals surface area contributed by atoms with Gasteiger partial charge in [0.15, 0.2) is 0 Å². The Hall–Kier alpha value is 1.11. The van der Waals surface area contributed by atoms with E-state index < -0.39 is 5.97 Å². The van der Waals surface area contributed by atoms with Crippen LogP contribution in [0.15, 0.2) is 0 Å². The molecule has 0 rings (SSSR count). The molecule has 0 aromatic rings. The Morgan fingerprint density at radius 2 is 1.64 bits per heavy atom. The molecule has 0 unspecified atom stereocenters. The van der Waals surface area contributed by atoms with Crippen LogP contribution < -0.4 is 17.5 Å². The van der Waals surface area contributed by atoms with Crippen molar-refractivity contribution in [3.63, 3.8) is 0 Å². The third kappa shape index (κ3) is 18.8. The number of carboxylic acid groups (broad SMARTS) is 1. The van der Waals surface area contributed by atoms with E-state index in [0.29, 0.717) is 5.41 Å². The van der Waals surface area contributed by atoms with E-state index in [2.05, 4.69) is 20.8 Å². The van der Waals surface area contributed by atoms with E-state index in [-0.39, 0.29) is 59.7 Å². The molecule has 0 aliphatic carbocycles. The summed E-state index contributed by atoms with van der Waals surface area (Å²) in [7, 11) is 0. The van der Waals surface area contributed by atoms with Crippen LogP contribution in [-0.2, 0) is 4.79 Å². The molecule has 0 fully saturated rings. The Bertz CT molecular complexity index is 144. The number of hydrogen-bond donors (Lipinski definition) is 0. The fourth-order valence-electron chi connectivity index (χ4n) is 1.10. The van der Waals surface area contributed by atoms with Crippen LogP contribution in [0.4, 0.5) is 0 Å². The molecule has 0 saturated heterocycles.